The van der Waals surface area contributed by atoms with E-state index in [0.717, 1.165) is 29.1 Å². The first kappa shape index (κ1) is 15.0. The van der Waals surface area contributed by atoms with Crippen LogP contribution in [-0.4, -0.2) is 4.98 Å². The predicted octanol–water partition coefficient (Wildman–Crippen LogP) is 5.67. The highest BCUT2D eigenvalue weighted by molar-refractivity contribution is 7.11. The number of hydrogen-bond donors (Lipinski definition) is 0. The molecule has 3 heteroatoms. The molecule has 1 aromatic heterocycles. The Morgan fingerprint density at radius 3 is 2.64 bits per heavy atom. The second-order valence-electron chi connectivity index (χ2n) is 6.01. The van der Waals surface area contributed by atoms with Gasteiger partial charge in [-0.05, 0) is 50.7 Å². The van der Waals surface area contributed by atoms with Gasteiger partial charge in [-0.2, -0.15) is 5.26 Å². The molecular weight excluding hydrogens is 288 g/mol. The highest BCUT2D eigenvalue weighted by Gasteiger charge is 2.16. The van der Waals surface area contributed by atoms with Crippen LogP contribution < -0.4 is 0 Å². The normalized spacial score (nSPS) is 14.7. The lowest BCUT2D eigenvalue weighted by atomic mass is 9.91. The largest absolute Gasteiger partial charge is 0.235 e. The van der Waals surface area contributed by atoms with E-state index < -0.39 is 0 Å². The van der Waals surface area contributed by atoms with Crippen molar-refractivity contribution in [3.63, 3.8) is 0 Å². The number of benzene rings is 1. The topological polar surface area (TPSA) is 36.7 Å². The molecular formula is C19H20N2S. The Hall–Kier alpha value is -1.92. The third-order valence-corrected chi connectivity index (χ3v) is 5.16. The summed E-state index contributed by atoms with van der Waals surface area (Å²) in [5.74, 6) is 0. The van der Waals surface area contributed by atoms with Crippen LogP contribution in [-0.2, 0) is 0 Å². The minimum Gasteiger partial charge on any atom is -0.235 e. The predicted molar refractivity (Wildman–Crippen MR) is 92.6 cm³/mol. The van der Waals surface area contributed by atoms with E-state index in [0.29, 0.717) is 0 Å². The fourth-order valence-electron chi connectivity index (χ4n) is 3.12. The zero-order valence-electron chi connectivity index (χ0n) is 13.1. The van der Waals surface area contributed by atoms with Gasteiger partial charge in [0.25, 0.3) is 0 Å². The zero-order chi connectivity index (χ0) is 15.5. The summed E-state index contributed by atoms with van der Waals surface area (Å²) in [7, 11) is 0. The van der Waals surface area contributed by atoms with E-state index in [1.165, 1.54) is 41.5 Å². The van der Waals surface area contributed by atoms with Crippen molar-refractivity contribution in [1.82, 2.24) is 4.98 Å². The van der Waals surface area contributed by atoms with Crippen molar-refractivity contribution in [2.45, 2.75) is 46.0 Å². The van der Waals surface area contributed by atoms with E-state index in [9.17, 15) is 5.26 Å². The van der Waals surface area contributed by atoms with Crippen molar-refractivity contribution in [2.24, 2.45) is 0 Å². The number of aromatic nitrogens is 1. The van der Waals surface area contributed by atoms with E-state index in [4.69, 9.17) is 4.98 Å². The van der Waals surface area contributed by atoms with E-state index >= 15 is 0 Å². The van der Waals surface area contributed by atoms with Crippen molar-refractivity contribution in [2.75, 3.05) is 0 Å². The van der Waals surface area contributed by atoms with Crippen LogP contribution in [0.25, 0.3) is 16.8 Å². The van der Waals surface area contributed by atoms with Crippen LogP contribution >= 0.6 is 11.3 Å². The summed E-state index contributed by atoms with van der Waals surface area (Å²) in [5.41, 5.74) is 6.77. The standard InChI is InChI=1S/C19H20N2S/c1-13-8-9-16(14(2)10-13)18-12-22-19(21-18)17(11-20)15-6-4-3-5-7-15/h8-10,12H,3-7H2,1-2H3. The molecule has 2 aromatic rings. The van der Waals surface area contributed by atoms with Crippen molar-refractivity contribution in [3.8, 4) is 17.3 Å². The number of nitrogens with zero attached hydrogens (tertiary/aromatic N) is 2. The van der Waals surface area contributed by atoms with Crippen LogP contribution in [0.1, 0.15) is 48.2 Å². The lowest BCUT2D eigenvalue weighted by Crippen LogP contribution is -1.97. The van der Waals surface area contributed by atoms with Crippen LogP contribution in [0.15, 0.2) is 29.2 Å². The second-order valence-corrected chi connectivity index (χ2v) is 6.87. The van der Waals surface area contributed by atoms with Gasteiger partial charge in [-0.3, -0.25) is 0 Å². The van der Waals surface area contributed by atoms with Crippen LogP contribution in [0.5, 0.6) is 0 Å². The summed E-state index contributed by atoms with van der Waals surface area (Å²) in [6, 6.07) is 8.83. The average molecular weight is 308 g/mol. The molecule has 0 spiro atoms. The van der Waals surface area contributed by atoms with Gasteiger partial charge in [0.2, 0.25) is 0 Å². The van der Waals surface area contributed by atoms with Gasteiger partial charge in [0, 0.05) is 10.9 Å². The minimum absolute atomic E-state index is 0.820. The molecule has 1 heterocycles. The highest BCUT2D eigenvalue weighted by Crippen LogP contribution is 2.34. The number of thiazole rings is 1. The number of hydrogen-bond acceptors (Lipinski definition) is 3. The molecule has 22 heavy (non-hydrogen) atoms. The smallest absolute Gasteiger partial charge is 0.134 e. The summed E-state index contributed by atoms with van der Waals surface area (Å²) in [5, 5.41) is 12.5. The molecule has 2 nitrogen and oxygen atoms in total. The summed E-state index contributed by atoms with van der Waals surface area (Å²) >= 11 is 1.59. The van der Waals surface area contributed by atoms with Crippen LogP contribution in [0, 0.1) is 25.2 Å². The molecule has 0 atom stereocenters. The summed E-state index contributed by atoms with van der Waals surface area (Å²) in [6.07, 6.45) is 5.81. The molecule has 0 aliphatic heterocycles. The van der Waals surface area contributed by atoms with E-state index in [2.05, 4.69) is 43.5 Å². The Morgan fingerprint density at radius 2 is 1.95 bits per heavy atom. The van der Waals surface area contributed by atoms with Crippen molar-refractivity contribution in [1.29, 1.82) is 5.26 Å². The van der Waals surface area contributed by atoms with Gasteiger partial charge in [-0.15, -0.1) is 11.3 Å². The first-order valence-electron chi connectivity index (χ1n) is 7.84. The average Bonchev–Trinajstić information content (AvgIpc) is 2.98. The SMILES string of the molecule is Cc1ccc(-c2csc(C(C#N)=C3CCCCC3)n2)c(C)c1. The van der Waals surface area contributed by atoms with E-state index in [1.807, 2.05) is 0 Å². The Morgan fingerprint density at radius 1 is 1.18 bits per heavy atom. The Kier molecular flexibility index (Phi) is 4.40. The maximum atomic E-state index is 9.56. The molecule has 0 bridgehead atoms. The fourth-order valence-corrected chi connectivity index (χ4v) is 3.98. The van der Waals surface area contributed by atoms with Gasteiger partial charge in [0.05, 0.1) is 11.3 Å². The van der Waals surface area contributed by atoms with Crippen LogP contribution in [0.2, 0.25) is 0 Å². The summed E-state index contributed by atoms with van der Waals surface area (Å²) < 4.78 is 0. The molecule has 112 valence electrons. The number of allylic oxidation sites excluding steroid dienone is 2. The minimum atomic E-state index is 0.820. The van der Waals surface area contributed by atoms with Gasteiger partial charge in [0.1, 0.15) is 11.1 Å². The maximum Gasteiger partial charge on any atom is 0.134 e. The summed E-state index contributed by atoms with van der Waals surface area (Å²) in [6.45, 7) is 4.22. The van der Waals surface area contributed by atoms with Gasteiger partial charge >= 0.3 is 0 Å². The molecule has 1 aromatic carbocycles. The quantitative estimate of drug-likeness (QED) is 0.670. The monoisotopic (exact) mass is 308 g/mol. The molecule has 0 unspecified atom stereocenters. The molecule has 1 aliphatic rings. The molecule has 0 radical (unpaired) electrons. The molecule has 0 N–H and O–H groups in total. The van der Waals surface area contributed by atoms with Crippen LogP contribution in [0.4, 0.5) is 0 Å². The van der Waals surface area contributed by atoms with Gasteiger partial charge in [-0.25, -0.2) is 4.98 Å². The Balaban J connectivity index is 1.98. The number of nitriles is 1. The summed E-state index contributed by atoms with van der Waals surface area (Å²) in [4.78, 5) is 4.76. The Bertz CT molecular complexity index is 754. The second kappa shape index (κ2) is 6.46. The lowest BCUT2D eigenvalue weighted by molar-refractivity contribution is 0.601. The third-order valence-electron chi connectivity index (χ3n) is 4.30. The number of rotatable bonds is 2. The third kappa shape index (κ3) is 2.98. The van der Waals surface area contributed by atoms with E-state index in [1.54, 1.807) is 11.3 Å². The van der Waals surface area contributed by atoms with Crippen molar-refractivity contribution < 1.29 is 0 Å². The van der Waals surface area contributed by atoms with Gasteiger partial charge in [-0.1, -0.05) is 30.2 Å². The molecule has 1 aliphatic carbocycles. The maximum absolute atomic E-state index is 9.56. The molecule has 1 saturated carbocycles. The molecule has 3 rings (SSSR count). The first-order chi connectivity index (χ1) is 10.7. The van der Waals surface area contributed by atoms with E-state index in [-0.39, 0.29) is 0 Å². The van der Waals surface area contributed by atoms with Gasteiger partial charge < -0.3 is 0 Å². The molecule has 0 saturated heterocycles. The molecule has 0 amide bonds. The lowest BCUT2D eigenvalue weighted by Gasteiger charge is -2.14. The van der Waals surface area contributed by atoms with Crippen LogP contribution in [0.3, 0.4) is 0 Å². The number of aryl methyl sites for hydroxylation is 2. The fraction of sp³-hybridized carbons (Fsp3) is 0.368. The van der Waals surface area contributed by atoms with Crippen molar-refractivity contribution >= 4 is 16.9 Å². The highest BCUT2D eigenvalue weighted by atomic mass is 32.1. The molecule has 1 fully saturated rings. The van der Waals surface area contributed by atoms with Gasteiger partial charge in [0.15, 0.2) is 0 Å². The first-order valence-corrected chi connectivity index (χ1v) is 8.72. The Labute approximate surface area is 136 Å². The zero-order valence-corrected chi connectivity index (χ0v) is 14.0. The van der Waals surface area contributed by atoms with Crippen molar-refractivity contribution in [3.05, 3.63) is 45.3 Å².